The number of carbonyl (C=O) groups excluding carboxylic acids is 1. The molecule has 0 saturated heterocycles. The molecule has 3 rings (SSSR count). The van der Waals surface area contributed by atoms with Crippen LogP contribution in [0.2, 0.25) is 10.2 Å². The number of hydrogen-bond acceptors (Lipinski definition) is 3. The Kier molecular flexibility index (Phi) is 4.55. The summed E-state index contributed by atoms with van der Waals surface area (Å²) < 4.78 is 18.5. The summed E-state index contributed by atoms with van der Waals surface area (Å²) in [4.78, 5) is 16.6. The van der Waals surface area contributed by atoms with Crippen LogP contribution in [-0.2, 0) is 21.6 Å². The summed E-state index contributed by atoms with van der Waals surface area (Å²) >= 11 is 11.8. The first-order valence-electron chi connectivity index (χ1n) is 7.25. The highest BCUT2D eigenvalue weighted by atomic mass is 35.5. The Morgan fingerprint density at radius 3 is 2.48 bits per heavy atom. The Hall–Kier alpha value is -1.65. The van der Waals surface area contributed by atoms with Gasteiger partial charge in [-0.15, -0.1) is 0 Å². The van der Waals surface area contributed by atoms with Crippen LogP contribution in [0.1, 0.15) is 30.5 Å². The summed E-state index contributed by atoms with van der Waals surface area (Å²) in [6, 6.07) is 9.18. The van der Waals surface area contributed by atoms with Gasteiger partial charge in [-0.05, 0) is 42.7 Å². The normalized spacial score (nSPS) is 15.8. The van der Waals surface area contributed by atoms with Crippen molar-refractivity contribution in [3.63, 3.8) is 0 Å². The van der Waals surface area contributed by atoms with E-state index in [4.69, 9.17) is 27.9 Å². The van der Waals surface area contributed by atoms with Crippen LogP contribution in [0.3, 0.4) is 0 Å². The van der Waals surface area contributed by atoms with E-state index in [1.165, 1.54) is 12.1 Å². The maximum atomic E-state index is 13.1. The Morgan fingerprint density at radius 1 is 1.17 bits per heavy atom. The maximum Gasteiger partial charge on any atom is 0.316 e. The van der Waals surface area contributed by atoms with Gasteiger partial charge < -0.3 is 4.74 Å². The molecule has 120 valence electrons. The van der Waals surface area contributed by atoms with E-state index in [2.05, 4.69) is 4.98 Å². The minimum Gasteiger partial charge on any atom is -0.458 e. The molecule has 0 amide bonds. The molecule has 0 bridgehead atoms. The van der Waals surface area contributed by atoms with E-state index in [1.54, 1.807) is 24.3 Å². The first kappa shape index (κ1) is 16.2. The second-order valence-corrected chi connectivity index (χ2v) is 6.38. The predicted octanol–water partition coefficient (Wildman–Crippen LogP) is 4.69. The van der Waals surface area contributed by atoms with Gasteiger partial charge in [-0.1, -0.05) is 41.8 Å². The van der Waals surface area contributed by atoms with Crippen molar-refractivity contribution < 1.29 is 13.9 Å². The van der Waals surface area contributed by atoms with Gasteiger partial charge >= 0.3 is 5.97 Å². The second-order valence-electron chi connectivity index (χ2n) is 5.58. The molecule has 1 aliphatic carbocycles. The van der Waals surface area contributed by atoms with E-state index in [1.807, 2.05) is 0 Å². The molecule has 1 saturated carbocycles. The third kappa shape index (κ3) is 3.19. The quantitative estimate of drug-likeness (QED) is 0.591. The van der Waals surface area contributed by atoms with Gasteiger partial charge in [0, 0.05) is 0 Å². The first-order valence-corrected chi connectivity index (χ1v) is 8.01. The number of pyridine rings is 1. The van der Waals surface area contributed by atoms with Crippen molar-refractivity contribution in [2.24, 2.45) is 0 Å². The number of hydrogen-bond donors (Lipinski definition) is 0. The lowest BCUT2D eigenvalue weighted by Gasteiger charge is -2.39. The van der Waals surface area contributed by atoms with Gasteiger partial charge in [-0.25, -0.2) is 9.37 Å². The third-order valence-corrected chi connectivity index (χ3v) is 4.77. The van der Waals surface area contributed by atoms with Crippen LogP contribution in [-0.4, -0.2) is 11.0 Å². The average molecular weight is 354 g/mol. The van der Waals surface area contributed by atoms with E-state index in [9.17, 15) is 9.18 Å². The SMILES string of the molecule is O=C(OCc1nc(Cl)ccc1Cl)C1(c2ccc(F)cc2)CCC1. The van der Waals surface area contributed by atoms with Gasteiger partial charge in [-0.2, -0.15) is 0 Å². The molecule has 1 aromatic heterocycles. The lowest BCUT2D eigenvalue weighted by atomic mass is 9.64. The fourth-order valence-electron chi connectivity index (χ4n) is 2.74. The molecule has 1 aromatic carbocycles. The van der Waals surface area contributed by atoms with Gasteiger partial charge in [0.05, 0.1) is 16.1 Å². The second kappa shape index (κ2) is 6.46. The molecular formula is C17H14Cl2FNO2. The molecule has 0 unspecified atom stereocenters. The van der Waals surface area contributed by atoms with Crippen molar-refractivity contribution in [1.29, 1.82) is 0 Å². The molecule has 0 N–H and O–H groups in total. The summed E-state index contributed by atoms with van der Waals surface area (Å²) in [6.45, 7) is -0.0405. The summed E-state index contributed by atoms with van der Waals surface area (Å²) in [6.07, 6.45) is 2.31. The van der Waals surface area contributed by atoms with E-state index in [0.29, 0.717) is 23.6 Å². The first-order chi connectivity index (χ1) is 11.0. The fraction of sp³-hybridized carbons (Fsp3) is 0.294. The van der Waals surface area contributed by atoms with Crippen LogP contribution < -0.4 is 0 Å². The molecule has 0 aliphatic heterocycles. The molecule has 0 spiro atoms. The minimum atomic E-state index is -0.696. The zero-order valence-corrected chi connectivity index (χ0v) is 13.7. The van der Waals surface area contributed by atoms with Crippen molar-refractivity contribution >= 4 is 29.2 Å². The molecule has 1 fully saturated rings. The van der Waals surface area contributed by atoms with Crippen LogP contribution >= 0.6 is 23.2 Å². The number of benzene rings is 1. The molecule has 0 radical (unpaired) electrons. The number of carbonyl (C=O) groups is 1. The van der Waals surface area contributed by atoms with Crippen LogP contribution in [0.25, 0.3) is 0 Å². The van der Waals surface area contributed by atoms with Crippen molar-refractivity contribution in [2.45, 2.75) is 31.3 Å². The number of ether oxygens (including phenoxy) is 1. The molecule has 6 heteroatoms. The molecule has 1 aliphatic rings. The third-order valence-electron chi connectivity index (χ3n) is 4.22. The Labute approximate surface area is 143 Å². The van der Waals surface area contributed by atoms with Crippen molar-refractivity contribution in [1.82, 2.24) is 4.98 Å². The van der Waals surface area contributed by atoms with E-state index in [-0.39, 0.29) is 23.5 Å². The van der Waals surface area contributed by atoms with Crippen molar-refractivity contribution in [2.75, 3.05) is 0 Å². The van der Waals surface area contributed by atoms with E-state index in [0.717, 1.165) is 12.0 Å². The summed E-state index contributed by atoms with van der Waals surface area (Å²) in [5, 5.41) is 0.684. The number of esters is 1. The summed E-state index contributed by atoms with van der Waals surface area (Å²) in [5.74, 6) is -0.667. The monoisotopic (exact) mass is 353 g/mol. The van der Waals surface area contributed by atoms with Crippen LogP contribution in [0.15, 0.2) is 36.4 Å². The van der Waals surface area contributed by atoms with Crippen molar-refractivity contribution in [3.8, 4) is 0 Å². The maximum absolute atomic E-state index is 13.1. The largest absolute Gasteiger partial charge is 0.458 e. The number of nitrogens with zero attached hydrogens (tertiary/aromatic N) is 1. The Bertz CT molecular complexity index is 730. The van der Waals surface area contributed by atoms with Crippen LogP contribution in [0.5, 0.6) is 0 Å². The van der Waals surface area contributed by atoms with Crippen LogP contribution in [0, 0.1) is 5.82 Å². The highest BCUT2D eigenvalue weighted by Gasteiger charge is 2.47. The molecular weight excluding hydrogens is 340 g/mol. The standard InChI is InChI=1S/C17H14Cl2FNO2/c18-13-6-7-15(19)21-14(13)10-23-16(22)17(8-1-9-17)11-2-4-12(20)5-3-11/h2-7H,1,8-10H2. The van der Waals surface area contributed by atoms with E-state index < -0.39 is 5.41 Å². The summed E-state index contributed by atoms with van der Waals surface area (Å²) in [5.41, 5.74) is 0.500. The van der Waals surface area contributed by atoms with Gasteiger partial charge in [0.25, 0.3) is 0 Å². The minimum absolute atomic E-state index is 0.0405. The highest BCUT2D eigenvalue weighted by molar-refractivity contribution is 6.32. The smallest absolute Gasteiger partial charge is 0.316 e. The van der Waals surface area contributed by atoms with Crippen LogP contribution in [0.4, 0.5) is 4.39 Å². The molecule has 1 heterocycles. The summed E-state index contributed by atoms with van der Waals surface area (Å²) in [7, 11) is 0. The molecule has 23 heavy (non-hydrogen) atoms. The van der Waals surface area contributed by atoms with Gasteiger partial charge in [0.2, 0.25) is 0 Å². The van der Waals surface area contributed by atoms with Gasteiger partial charge in [-0.3, -0.25) is 4.79 Å². The Morgan fingerprint density at radius 2 is 1.87 bits per heavy atom. The van der Waals surface area contributed by atoms with E-state index >= 15 is 0 Å². The molecule has 3 nitrogen and oxygen atoms in total. The fourth-order valence-corrected chi connectivity index (χ4v) is 3.07. The predicted molar refractivity (Wildman–Crippen MR) is 86.0 cm³/mol. The van der Waals surface area contributed by atoms with Gasteiger partial charge in [0.15, 0.2) is 0 Å². The zero-order valence-electron chi connectivity index (χ0n) is 12.2. The highest BCUT2D eigenvalue weighted by Crippen LogP contribution is 2.45. The molecule has 2 aromatic rings. The zero-order chi connectivity index (χ0) is 16.4. The number of aromatic nitrogens is 1. The topological polar surface area (TPSA) is 39.2 Å². The Balaban J connectivity index is 1.76. The van der Waals surface area contributed by atoms with Gasteiger partial charge in [0.1, 0.15) is 17.6 Å². The lowest BCUT2D eigenvalue weighted by molar-refractivity contribution is -0.156. The number of halogens is 3. The number of rotatable bonds is 4. The lowest BCUT2D eigenvalue weighted by Crippen LogP contribution is -2.43. The van der Waals surface area contributed by atoms with Crippen molar-refractivity contribution in [3.05, 3.63) is 63.6 Å². The average Bonchev–Trinajstić information content (AvgIpc) is 2.49. The molecule has 0 atom stereocenters.